The number of aryl methyl sites for hydroxylation is 1. The SMILES string of the molecule is Cc1cccc(NC(=O)CN(C)C(=O)C2CC23CCNCC3)c1C. The average Bonchev–Trinajstić information content (AvgIpc) is 3.24. The molecule has 2 N–H and O–H groups in total. The van der Waals surface area contributed by atoms with Crippen LogP contribution in [-0.4, -0.2) is 43.4 Å². The normalized spacial score (nSPS) is 21.4. The maximum atomic E-state index is 12.6. The van der Waals surface area contributed by atoms with E-state index in [4.69, 9.17) is 0 Å². The molecule has 1 aromatic carbocycles. The summed E-state index contributed by atoms with van der Waals surface area (Å²) in [6.45, 7) is 6.12. The Kier molecular flexibility index (Phi) is 4.63. The second-order valence-corrected chi connectivity index (χ2v) is 7.36. The van der Waals surface area contributed by atoms with E-state index in [1.807, 2.05) is 32.0 Å². The molecule has 2 fully saturated rings. The van der Waals surface area contributed by atoms with E-state index in [9.17, 15) is 9.59 Å². The number of nitrogens with one attached hydrogen (secondary N) is 2. The van der Waals surface area contributed by atoms with Crippen LogP contribution >= 0.6 is 0 Å². The minimum atomic E-state index is -0.139. The summed E-state index contributed by atoms with van der Waals surface area (Å²) in [7, 11) is 1.73. The lowest BCUT2D eigenvalue weighted by atomic mass is 9.91. The van der Waals surface area contributed by atoms with E-state index in [2.05, 4.69) is 10.6 Å². The zero-order chi connectivity index (χ0) is 17.3. The first-order valence-corrected chi connectivity index (χ1v) is 8.75. The van der Waals surface area contributed by atoms with E-state index in [1.54, 1.807) is 11.9 Å². The second-order valence-electron chi connectivity index (χ2n) is 7.36. The summed E-state index contributed by atoms with van der Waals surface area (Å²) < 4.78 is 0. The Balaban J connectivity index is 1.55. The van der Waals surface area contributed by atoms with Gasteiger partial charge in [-0.05, 0) is 68.8 Å². The fraction of sp³-hybridized carbons (Fsp3) is 0.579. The number of likely N-dealkylation sites (N-methyl/N-ethyl adjacent to an activating group) is 1. The largest absolute Gasteiger partial charge is 0.336 e. The van der Waals surface area contributed by atoms with Gasteiger partial charge in [0.2, 0.25) is 11.8 Å². The van der Waals surface area contributed by atoms with E-state index in [-0.39, 0.29) is 29.7 Å². The summed E-state index contributed by atoms with van der Waals surface area (Å²) >= 11 is 0. The maximum Gasteiger partial charge on any atom is 0.243 e. The molecule has 130 valence electrons. The van der Waals surface area contributed by atoms with Crippen LogP contribution in [0.2, 0.25) is 0 Å². The number of nitrogens with zero attached hydrogens (tertiary/aromatic N) is 1. The Morgan fingerprint density at radius 3 is 2.71 bits per heavy atom. The van der Waals surface area contributed by atoms with Crippen molar-refractivity contribution in [2.24, 2.45) is 11.3 Å². The van der Waals surface area contributed by atoms with Crippen molar-refractivity contribution in [1.29, 1.82) is 0 Å². The molecule has 1 heterocycles. The minimum Gasteiger partial charge on any atom is -0.336 e. The monoisotopic (exact) mass is 329 g/mol. The molecule has 1 aliphatic heterocycles. The molecule has 1 spiro atoms. The van der Waals surface area contributed by atoms with Crippen molar-refractivity contribution in [1.82, 2.24) is 10.2 Å². The van der Waals surface area contributed by atoms with Crippen molar-refractivity contribution < 1.29 is 9.59 Å². The van der Waals surface area contributed by atoms with Gasteiger partial charge in [0.25, 0.3) is 0 Å². The van der Waals surface area contributed by atoms with Crippen molar-refractivity contribution in [2.45, 2.75) is 33.1 Å². The van der Waals surface area contributed by atoms with E-state index in [1.165, 1.54) is 0 Å². The van der Waals surface area contributed by atoms with Gasteiger partial charge in [-0.3, -0.25) is 9.59 Å². The Morgan fingerprint density at radius 1 is 1.29 bits per heavy atom. The number of rotatable bonds is 4. The quantitative estimate of drug-likeness (QED) is 0.889. The molecule has 1 atom stereocenters. The molecule has 3 rings (SSSR count). The number of amides is 2. The Hall–Kier alpha value is -1.88. The van der Waals surface area contributed by atoms with Crippen LogP contribution in [-0.2, 0) is 9.59 Å². The number of carbonyl (C=O) groups is 2. The average molecular weight is 329 g/mol. The van der Waals surface area contributed by atoms with E-state index < -0.39 is 0 Å². The van der Waals surface area contributed by atoms with E-state index in [0.717, 1.165) is 49.2 Å². The molecule has 0 bridgehead atoms. The highest BCUT2D eigenvalue weighted by molar-refractivity contribution is 5.95. The minimum absolute atomic E-state index is 0.108. The van der Waals surface area contributed by atoms with Gasteiger partial charge in [0, 0.05) is 18.7 Å². The summed E-state index contributed by atoms with van der Waals surface area (Å²) in [4.78, 5) is 26.5. The lowest BCUT2D eigenvalue weighted by Gasteiger charge is -2.25. The molecule has 0 aromatic heterocycles. The zero-order valence-corrected chi connectivity index (χ0v) is 14.8. The lowest BCUT2D eigenvalue weighted by molar-refractivity contribution is -0.135. The first-order valence-electron chi connectivity index (χ1n) is 8.75. The van der Waals surface area contributed by atoms with Gasteiger partial charge in [-0.25, -0.2) is 0 Å². The predicted octanol–water partition coefficient (Wildman–Crippen LogP) is 2.09. The number of carbonyl (C=O) groups excluding carboxylic acids is 2. The third-order valence-electron chi connectivity index (χ3n) is 5.72. The van der Waals surface area contributed by atoms with Gasteiger partial charge in [0.1, 0.15) is 0 Å². The molecular formula is C19H27N3O2. The fourth-order valence-electron chi connectivity index (χ4n) is 3.81. The van der Waals surface area contributed by atoms with E-state index in [0.29, 0.717) is 0 Å². The number of piperidine rings is 1. The smallest absolute Gasteiger partial charge is 0.243 e. The van der Waals surface area contributed by atoms with Crippen molar-refractivity contribution in [3.05, 3.63) is 29.3 Å². The topological polar surface area (TPSA) is 61.4 Å². The predicted molar refractivity (Wildman–Crippen MR) is 94.8 cm³/mol. The van der Waals surface area contributed by atoms with Crippen LogP contribution in [0.3, 0.4) is 0 Å². The molecule has 5 nitrogen and oxygen atoms in total. The highest BCUT2D eigenvalue weighted by atomic mass is 16.2. The van der Waals surface area contributed by atoms with Crippen LogP contribution in [0.25, 0.3) is 0 Å². The Labute approximate surface area is 143 Å². The van der Waals surface area contributed by atoms with Gasteiger partial charge in [0.15, 0.2) is 0 Å². The molecule has 2 aliphatic rings. The third kappa shape index (κ3) is 3.31. The molecule has 1 unspecified atom stereocenters. The first-order chi connectivity index (χ1) is 11.4. The summed E-state index contributed by atoms with van der Waals surface area (Å²) in [6, 6.07) is 5.84. The summed E-state index contributed by atoms with van der Waals surface area (Å²) in [5.41, 5.74) is 3.24. The van der Waals surface area contributed by atoms with Crippen molar-refractivity contribution in [2.75, 3.05) is 32.0 Å². The van der Waals surface area contributed by atoms with E-state index >= 15 is 0 Å². The van der Waals surface area contributed by atoms with Gasteiger partial charge >= 0.3 is 0 Å². The van der Waals surface area contributed by atoms with Crippen LogP contribution < -0.4 is 10.6 Å². The first kappa shape index (κ1) is 17.0. The molecule has 1 saturated carbocycles. The lowest BCUT2D eigenvalue weighted by Crippen LogP contribution is -2.38. The van der Waals surface area contributed by atoms with Crippen LogP contribution in [0.5, 0.6) is 0 Å². The van der Waals surface area contributed by atoms with Crippen molar-refractivity contribution in [3.8, 4) is 0 Å². The molecule has 0 radical (unpaired) electrons. The Morgan fingerprint density at radius 2 is 2.00 bits per heavy atom. The van der Waals surface area contributed by atoms with Crippen LogP contribution in [0.4, 0.5) is 5.69 Å². The van der Waals surface area contributed by atoms with Crippen molar-refractivity contribution in [3.63, 3.8) is 0 Å². The van der Waals surface area contributed by atoms with Gasteiger partial charge in [-0.2, -0.15) is 0 Å². The molecular weight excluding hydrogens is 302 g/mol. The second kappa shape index (κ2) is 6.55. The number of hydrogen-bond donors (Lipinski definition) is 2. The van der Waals surface area contributed by atoms with Gasteiger partial charge in [-0.15, -0.1) is 0 Å². The molecule has 1 aromatic rings. The number of anilines is 1. The summed E-state index contributed by atoms with van der Waals surface area (Å²) in [6.07, 6.45) is 3.13. The van der Waals surface area contributed by atoms with Gasteiger partial charge in [0.05, 0.1) is 6.54 Å². The maximum absolute atomic E-state index is 12.6. The number of benzene rings is 1. The molecule has 5 heteroatoms. The Bertz CT molecular complexity index is 650. The van der Waals surface area contributed by atoms with Crippen LogP contribution in [0.15, 0.2) is 18.2 Å². The molecule has 1 aliphatic carbocycles. The standard InChI is InChI=1S/C19H27N3O2/c1-13-5-4-6-16(14(13)2)21-17(23)12-22(3)18(24)15-11-19(15)7-9-20-10-8-19/h4-6,15,20H,7-12H2,1-3H3,(H,21,23). The molecule has 1 saturated heterocycles. The molecule has 24 heavy (non-hydrogen) atoms. The van der Waals surface area contributed by atoms with Crippen LogP contribution in [0.1, 0.15) is 30.4 Å². The molecule has 2 amide bonds. The van der Waals surface area contributed by atoms with Gasteiger partial charge in [-0.1, -0.05) is 12.1 Å². The summed E-state index contributed by atoms with van der Waals surface area (Å²) in [5.74, 6) is 0.0886. The third-order valence-corrected chi connectivity index (χ3v) is 5.72. The number of hydrogen-bond acceptors (Lipinski definition) is 3. The fourth-order valence-corrected chi connectivity index (χ4v) is 3.81. The van der Waals surface area contributed by atoms with Gasteiger partial charge < -0.3 is 15.5 Å². The van der Waals surface area contributed by atoms with Crippen LogP contribution in [0, 0.1) is 25.2 Å². The van der Waals surface area contributed by atoms with Crippen molar-refractivity contribution >= 4 is 17.5 Å². The highest BCUT2D eigenvalue weighted by Crippen LogP contribution is 2.59. The highest BCUT2D eigenvalue weighted by Gasteiger charge is 2.58. The zero-order valence-electron chi connectivity index (χ0n) is 14.8. The summed E-state index contributed by atoms with van der Waals surface area (Å²) in [5, 5.41) is 6.27.